The second-order valence-electron chi connectivity index (χ2n) is 9.72. The Morgan fingerprint density at radius 3 is 2.92 bits per heavy atom. The minimum absolute atomic E-state index is 0.111. The van der Waals surface area contributed by atoms with Crippen LogP contribution >= 0.6 is 11.6 Å². The molecule has 1 aromatic carbocycles. The van der Waals surface area contributed by atoms with E-state index in [4.69, 9.17) is 21.3 Å². The number of aliphatic imine (C=N–C) groups is 1. The van der Waals surface area contributed by atoms with E-state index in [1.54, 1.807) is 19.5 Å². The summed E-state index contributed by atoms with van der Waals surface area (Å²) >= 11 is 5.59. The summed E-state index contributed by atoms with van der Waals surface area (Å²) in [6.07, 6.45) is 5.83. The van der Waals surface area contributed by atoms with Gasteiger partial charge in [-0.15, -0.1) is 0 Å². The SMILES string of the molecule is C/C=C(\C=NC)c1cnc2[nH]c3c(N(C)C(=O)OCCl)cc(F)c(C#N)c3c2c1N1CC[C@H]2CN(C)C[C@H]21. The number of hydrogen-bond donors (Lipinski definition) is 1. The molecule has 2 aromatic heterocycles. The number of hydrogen-bond acceptors (Lipinski definition) is 7. The highest BCUT2D eigenvalue weighted by Gasteiger charge is 2.42. The van der Waals surface area contributed by atoms with Gasteiger partial charge >= 0.3 is 6.09 Å². The molecule has 2 aliphatic heterocycles. The zero-order valence-electron chi connectivity index (χ0n) is 21.8. The fourth-order valence-electron chi connectivity index (χ4n) is 5.98. The highest BCUT2D eigenvalue weighted by Crippen LogP contribution is 2.46. The maximum Gasteiger partial charge on any atom is 0.415 e. The van der Waals surface area contributed by atoms with Crippen LogP contribution in [0.5, 0.6) is 0 Å². The molecule has 4 heterocycles. The molecule has 2 atom stereocenters. The zero-order chi connectivity index (χ0) is 27.1. The third kappa shape index (κ3) is 4.06. The second kappa shape index (κ2) is 10.2. The molecule has 0 radical (unpaired) electrons. The van der Waals surface area contributed by atoms with Crippen molar-refractivity contribution in [3.63, 3.8) is 0 Å². The Kier molecular flexibility index (Phi) is 6.99. The first kappa shape index (κ1) is 25.9. The van der Waals surface area contributed by atoms with E-state index in [0.717, 1.165) is 48.9 Å². The van der Waals surface area contributed by atoms with E-state index in [-0.39, 0.29) is 23.4 Å². The van der Waals surface area contributed by atoms with E-state index in [9.17, 15) is 10.1 Å². The van der Waals surface area contributed by atoms with Crippen LogP contribution in [0, 0.1) is 23.1 Å². The van der Waals surface area contributed by atoms with Crippen molar-refractivity contribution >= 4 is 62.8 Å². The van der Waals surface area contributed by atoms with Crippen molar-refractivity contribution in [1.29, 1.82) is 5.26 Å². The monoisotopic (exact) mass is 537 g/mol. The first-order valence-corrected chi connectivity index (χ1v) is 12.9. The number of nitriles is 1. The maximum absolute atomic E-state index is 15.5. The minimum Gasteiger partial charge on any atom is -0.433 e. The lowest BCUT2D eigenvalue weighted by Crippen LogP contribution is -2.35. The Morgan fingerprint density at radius 2 is 2.24 bits per heavy atom. The van der Waals surface area contributed by atoms with Crippen molar-refractivity contribution < 1.29 is 13.9 Å². The minimum atomic E-state index is -0.746. The summed E-state index contributed by atoms with van der Waals surface area (Å²) < 4.78 is 20.4. The number of amides is 1. The molecule has 0 spiro atoms. The number of aromatic amines is 1. The molecule has 0 aliphatic carbocycles. The molecule has 5 rings (SSSR count). The van der Waals surface area contributed by atoms with Gasteiger partial charge in [0.1, 0.15) is 17.5 Å². The van der Waals surface area contributed by atoms with Gasteiger partial charge in [0.05, 0.1) is 27.8 Å². The highest BCUT2D eigenvalue weighted by atomic mass is 35.5. The van der Waals surface area contributed by atoms with Gasteiger partial charge in [0.15, 0.2) is 6.07 Å². The number of alkyl halides is 1. The van der Waals surface area contributed by atoms with Crippen LogP contribution in [0.25, 0.3) is 27.5 Å². The Bertz CT molecular complexity index is 1530. The fraction of sp³-hybridized carbons (Fsp3) is 0.407. The lowest BCUT2D eigenvalue weighted by Gasteiger charge is -2.29. The zero-order valence-corrected chi connectivity index (χ0v) is 22.5. The summed E-state index contributed by atoms with van der Waals surface area (Å²) in [6.45, 7) is 4.68. The molecule has 198 valence electrons. The number of allylic oxidation sites excluding steroid dienone is 2. The van der Waals surface area contributed by atoms with E-state index >= 15 is 4.39 Å². The van der Waals surface area contributed by atoms with Crippen LogP contribution in [0.2, 0.25) is 0 Å². The number of pyridine rings is 1. The largest absolute Gasteiger partial charge is 0.433 e. The number of fused-ring (bicyclic) bond motifs is 4. The number of nitrogens with zero attached hydrogens (tertiary/aromatic N) is 6. The average molecular weight is 538 g/mol. The number of benzene rings is 1. The van der Waals surface area contributed by atoms with Crippen molar-refractivity contribution in [3.05, 3.63) is 35.3 Å². The number of aromatic nitrogens is 2. The Balaban J connectivity index is 1.88. The van der Waals surface area contributed by atoms with Crippen LogP contribution in [-0.2, 0) is 4.74 Å². The van der Waals surface area contributed by atoms with E-state index < -0.39 is 11.9 Å². The Labute approximate surface area is 225 Å². The average Bonchev–Trinajstić information content (AvgIpc) is 3.58. The number of nitrogens with one attached hydrogen (secondary N) is 1. The number of carbonyl (C=O) groups excluding carboxylic acids is 1. The van der Waals surface area contributed by atoms with E-state index in [1.807, 2.05) is 19.1 Å². The lowest BCUT2D eigenvalue weighted by atomic mass is 9.98. The predicted octanol–water partition coefficient (Wildman–Crippen LogP) is 4.74. The Morgan fingerprint density at radius 1 is 1.45 bits per heavy atom. The summed E-state index contributed by atoms with van der Waals surface area (Å²) in [7, 11) is 5.30. The van der Waals surface area contributed by atoms with Gasteiger partial charge in [-0.3, -0.25) is 9.89 Å². The third-order valence-corrected chi connectivity index (χ3v) is 7.75. The predicted molar refractivity (Wildman–Crippen MR) is 149 cm³/mol. The summed E-state index contributed by atoms with van der Waals surface area (Å²) in [5, 5.41) is 11.1. The first-order chi connectivity index (χ1) is 18.3. The smallest absolute Gasteiger partial charge is 0.415 e. The molecule has 1 amide bonds. The number of likely N-dealkylation sites (N-methyl/N-ethyl adjacent to an activating group) is 1. The van der Waals surface area contributed by atoms with Gasteiger partial charge in [-0.25, -0.2) is 14.2 Å². The number of halogens is 2. The molecule has 9 nitrogen and oxygen atoms in total. The van der Waals surface area contributed by atoms with Gasteiger partial charge in [-0.05, 0) is 31.9 Å². The van der Waals surface area contributed by atoms with Crippen molar-refractivity contribution in [3.8, 4) is 6.07 Å². The van der Waals surface area contributed by atoms with E-state index in [2.05, 4.69) is 26.8 Å². The number of anilines is 2. The normalized spacial score (nSPS) is 20.0. The van der Waals surface area contributed by atoms with Gasteiger partial charge < -0.3 is 19.5 Å². The maximum atomic E-state index is 15.5. The second-order valence-corrected chi connectivity index (χ2v) is 9.94. The number of rotatable bonds is 5. The van der Waals surface area contributed by atoms with Crippen molar-refractivity contribution in [2.24, 2.45) is 10.9 Å². The lowest BCUT2D eigenvalue weighted by molar-refractivity contribution is 0.174. The molecule has 1 N–H and O–H groups in total. The van der Waals surface area contributed by atoms with Gasteiger partial charge in [0.2, 0.25) is 0 Å². The van der Waals surface area contributed by atoms with Crippen molar-refractivity contribution in [2.75, 3.05) is 56.6 Å². The van der Waals surface area contributed by atoms with Crippen molar-refractivity contribution in [1.82, 2.24) is 14.9 Å². The van der Waals surface area contributed by atoms with Crippen molar-refractivity contribution in [2.45, 2.75) is 19.4 Å². The Hall–Kier alpha value is -3.68. The molecular weight excluding hydrogens is 509 g/mol. The van der Waals surface area contributed by atoms with Crippen LogP contribution in [0.1, 0.15) is 24.5 Å². The molecule has 2 saturated heterocycles. The molecule has 2 aliphatic rings. The molecule has 2 fully saturated rings. The molecule has 0 bridgehead atoms. The van der Waals surface area contributed by atoms with Gasteiger partial charge in [-0.2, -0.15) is 5.26 Å². The van der Waals surface area contributed by atoms with Crippen LogP contribution in [0.15, 0.2) is 23.3 Å². The first-order valence-electron chi connectivity index (χ1n) is 12.4. The summed E-state index contributed by atoms with van der Waals surface area (Å²) in [5.74, 6) is -0.228. The summed E-state index contributed by atoms with van der Waals surface area (Å²) in [6, 6.07) is 3.13. The molecular formula is C27H29ClFN7O2. The molecule has 3 aromatic rings. The van der Waals surface area contributed by atoms with Gasteiger partial charge in [0, 0.05) is 69.2 Å². The molecule has 0 unspecified atom stereocenters. The number of ether oxygens (including phenoxy) is 1. The van der Waals surface area contributed by atoms with Crippen LogP contribution in [0.3, 0.4) is 0 Å². The summed E-state index contributed by atoms with van der Waals surface area (Å²) in [5.41, 5.74) is 3.64. The number of carbonyl (C=O) groups is 1. The summed E-state index contributed by atoms with van der Waals surface area (Å²) in [4.78, 5) is 30.6. The molecule has 11 heteroatoms. The number of likely N-dealkylation sites (tertiary alicyclic amines) is 1. The molecule has 38 heavy (non-hydrogen) atoms. The topological polar surface area (TPSA) is 101 Å². The van der Waals surface area contributed by atoms with Crippen LogP contribution < -0.4 is 9.80 Å². The fourth-order valence-corrected chi connectivity index (χ4v) is 6.07. The van der Waals surface area contributed by atoms with E-state index in [0.29, 0.717) is 27.9 Å². The van der Waals surface area contributed by atoms with E-state index in [1.165, 1.54) is 11.9 Å². The highest BCUT2D eigenvalue weighted by molar-refractivity contribution is 6.23. The van der Waals surface area contributed by atoms with Gasteiger partial charge in [-0.1, -0.05) is 17.7 Å². The quantitative estimate of drug-likeness (QED) is 0.373. The third-order valence-electron chi connectivity index (χ3n) is 7.64. The standard InChI is InChI=1S/C27H29ClFN7O2/c1-5-15(10-31-2)18-11-32-26-23(25(18)36-7-6-16-12-34(3)13-21(16)36)22-17(9-30)19(29)8-20(24(22)33-26)35(4)27(37)38-14-28/h5,8,10-11,16,21H,6-7,12-14H2,1-4H3,(H,32,33)/b15-5+,31-10?/t16-,21+/m0/s1. The van der Waals surface area contributed by atoms with Crippen LogP contribution in [0.4, 0.5) is 20.6 Å². The molecule has 0 saturated carbocycles. The van der Waals surface area contributed by atoms with Crippen LogP contribution in [-0.4, -0.2) is 80.1 Å². The van der Waals surface area contributed by atoms with Gasteiger partial charge in [0.25, 0.3) is 0 Å². The number of H-pyrrole nitrogens is 1.